The summed E-state index contributed by atoms with van der Waals surface area (Å²) in [5, 5.41) is 3.80. The number of amides is 1. The van der Waals surface area contributed by atoms with Gasteiger partial charge >= 0.3 is 0 Å². The maximum absolute atomic E-state index is 12.4. The van der Waals surface area contributed by atoms with Crippen LogP contribution in [0.5, 0.6) is 0 Å². The number of rotatable bonds is 7. The van der Waals surface area contributed by atoms with Crippen LogP contribution in [-0.4, -0.2) is 19.3 Å². The summed E-state index contributed by atoms with van der Waals surface area (Å²) in [6, 6.07) is 17.2. The first kappa shape index (κ1) is 19.0. The lowest BCUT2D eigenvalue weighted by Gasteiger charge is -2.08. The van der Waals surface area contributed by atoms with Gasteiger partial charge in [-0.2, -0.15) is 0 Å². The number of sulfonamides is 1. The minimum atomic E-state index is -3.67. The minimum absolute atomic E-state index is 0.0679. The van der Waals surface area contributed by atoms with E-state index in [2.05, 4.69) is 15.0 Å². The van der Waals surface area contributed by atoms with E-state index in [9.17, 15) is 13.2 Å². The van der Waals surface area contributed by atoms with E-state index < -0.39 is 10.0 Å². The molecule has 1 amide bonds. The Morgan fingerprint density at radius 1 is 1.00 bits per heavy atom. The normalized spacial score (nSPS) is 11.6. The third-order valence-corrected chi connectivity index (χ3v) is 5.91. The fraction of sp³-hybridized carbons (Fsp3) is 0.0952. The Hall–Kier alpha value is -3.36. The number of hydrogen-bond donors (Lipinski definition) is 3. The maximum atomic E-state index is 12.4. The van der Waals surface area contributed by atoms with Gasteiger partial charge in [-0.25, -0.2) is 13.1 Å². The Balaban J connectivity index is 1.39. The standard InChI is InChI=1S/C21H19N3O4S/c25-21(12-15-13-22-20-6-2-1-5-19(15)20)24-16-7-9-18(10-8-16)29(26,27)23-14-17-4-3-11-28-17/h1-11,13,22-23H,12,14H2,(H,24,25). The first-order valence-electron chi connectivity index (χ1n) is 8.98. The molecule has 2 aromatic heterocycles. The molecule has 0 aliphatic carbocycles. The van der Waals surface area contributed by atoms with Crippen molar-refractivity contribution < 1.29 is 17.6 Å². The van der Waals surface area contributed by atoms with Gasteiger partial charge in [-0.3, -0.25) is 4.79 Å². The Kier molecular flexibility index (Phi) is 5.20. The van der Waals surface area contributed by atoms with E-state index in [0.717, 1.165) is 16.5 Å². The van der Waals surface area contributed by atoms with Crippen molar-refractivity contribution in [3.05, 3.63) is 84.4 Å². The average molecular weight is 409 g/mol. The number of anilines is 1. The fourth-order valence-corrected chi connectivity index (χ4v) is 4.03. The van der Waals surface area contributed by atoms with Gasteiger partial charge < -0.3 is 14.7 Å². The third-order valence-electron chi connectivity index (χ3n) is 4.49. The molecule has 0 aliphatic heterocycles. The number of H-pyrrole nitrogens is 1. The van der Waals surface area contributed by atoms with Crippen molar-refractivity contribution >= 4 is 32.5 Å². The second-order valence-electron chi connectivity index (χ2n) is 6.51. The molecule has 0 fully saturated rings. The van der Waals surface area contributed by atoms with E-state index in [1.165, 1.54) is 18.4 Å². The van der Waals surface area contributed by atoms with Gasteiger partial charge in [0.25, 0.3) is 0 Å². The topological polar surface area (TPSA) is 104 Å². The number of carbonyl (C=O) groups is 1. The van der Waals surface area contributed by atoms with Crippen LogP contribution in [0.2, 0.25) is 0 Å². The molecule has 2 heterocycles. The number of nitrogens with one attached hydrogen (secondary N) is 3. The number of para-hydroxylation sites is 1. The molecule has 0 bridgehead atoms. The highest BCUT2D eigenvalue weighted by molar-refractivity contribution is 7.89. The molecule has 3 N–H and O–H groups in total. The quantitative estimate of drug-likeness (QED) is 0.435. The van der Waals surface area contributed by atoms with Crippen LogP contribution < -0.4 is 10.0 Å². The maximum Gasteiger partial charge on any atom is 0.240 e. The van der Waals surface area contributed by atoms with Crippen LogP contribution >= 0.6 is 0 Å². The lowest BCUT2D eigenvalue weighted by molar-refractivity contribution is -0.115. The summed E-state index contributed by atoms with van der Waals surface area (Å²) < 4.78 is 32.3. The van der Waals surface area contributed by atoms with Crippen LogP contribution in [-0.2, 0) is 27.8 Å². The highest BCUT2D eigenvalue weighted by atomic mass is 32.2. The molecule has 0 saturated carbocycles. The number of hydrogen-bond acceptors (Lipinski definition) is 4. The van der Waals surface area contributed by atoms with E-state index in [1.54, 1.807) is 24.3 Å². The van der Waals surface area contributed by atoms with Gasteiger partial charge in [-0.15, -0.1) is 0 Å². The molecule has 4 aromatic rings. The Morgan fingerprint density at radius 3 is 2.55 bits per heavy atom. The van der Waals surface area contributed by atoms with Crippen LogP contribution in [0.15, 0.2) is 82.4 Å². The van der Waals surface area contributed by atoms with Crippen molar-refractivity contribution in [2.24, 2.45) is 0 Å². The zero-order valence-corrected chi connectivity index (χ0v) is 16.2. The second-order valence-corrected chi connectivity index (χ2v) is 8.28. The van der Waals surface area contributed by atoms with Crippen molar-refractivity contribution in [1.82, 2.24) is 9.71 Å². The van der Waals surface area contributed by atoms with Gasteiger partial charge in [-0.05, 0) is 48.0 Å². The summed E-state index contributed by atoms with van der Waals surface area (Å²) >= 11 is 0. The number of furan rings is 1. The largest absolute Gasteiger partial charge is 0.468 e. The highest BCUT2D eigenvalue weighted by Crippen LogP contribution is 2.19. The van der Waals surface area contributed by atoms with Gasteiger partial charge in [0, 0.05) is 22.8 Å². The predicted molar refractivity (Wildman–Crippen MR) is 110 cm³/mol. The number of benzene rings is 2. The average Bonchev–Trinajstić information content (AvgIpc) is 3.37. The summed E-state index contributed by atoms with van der Waals surface area (Å²) in [6.45, 7) is 0.0679. The monoisotopic (exact) mass is 409 g/mol. The number of carbonyl (C=O) groups excluding carboxylic acids is 1. The predicted octanol–water partition coefficient (Wildman–Crippen LogP) is 3.42. The molecule has 148 valence electrons. The molecule has 0 atom stereocenters. The molecule has 0 unspecified atom stereocenters. The molecular formula is C21H19N3O4S. The fourth-order valence-electron chi connectivity index (χ4n) is 3.04. The number of aromatic nitrogens is 1. The number of aromatic amines is 1. The molecule has 8 heteroatoms. The summed E-state index contributed by atoms with van der Waals surface area (Å²) in [4.78, 5) is 15.6. The van der Waals surface area contributed by atoms with Crippen LogP contribution in [0.1, 0.15) is 11.3 Å². The first-order valence-corrected chi connectivity index (χ1v) is 10.5. The third kappa shape index (κ3) is 4.39. The lowest BCUT2D eigenvalue weighted by atomic mass is 10.1. The summed E-state index contributed by atoms with van der Waals surface area (Å²) in [7, 11) is -3.67. The number of fused-ring (bicyclic) bond motifs is 1. The van der Waals surface area contributed by atoms with Crippen LogP contribution in [0.4, 0.5) is 5.69 Å². The Bertz CT molecular complexity index is 1230. The molecule has 2 aromatic carbocycles. The van der Waals surface area contributed by atoms with Crippen molar-refractivity contribution in [3.63, 3.8) is 0 Å². The summed E-state index contributed by atoms with van der Waals surface area (Å²) in [6.07, 6.45) is 3.52. The Morgan fingerprint density at radius 2 is 1.79 bits per heavy atom. The molecule has 29 heavy (non-hydrogen) atoms. The van der Waals surface area contributed by atoms with Gasteiger partial charge in [0.1, 0.15) is 5.76 Å². The van der Waals surface area contributed by atoms with Gasteiger partial charge in [0.2, 0.25) is 15.9 Å². The van der Waals surface area contributed by atoms with Crippen molar-refractivity contribution in [1.29, 1.82) is 0 Å². The zero-order chi connectivity index (χ0) is 20.3. The van der Waals surface area contributed by atoms with Crippen molar-refractivity contribution in [2.75, 3.05) is 5.32 Å². The van der Waals surface area contributed by atoms with Crippen LogP contribution in [0, 0.1) is 0 Å². The molecular weight excluding hydrogens is 390 g/mol. The second kappa shape index (κ2) is 7.94. The van der Waals surface area contributed by atoms with Gasteiger partial charge in [0.15, 0.2) is 0 Å². The molecule has 7 nitrogen and oxygen atoms in total. The molecule has 0 saturated heterocycles. The first-order chi connectivity index (χ1) is 14.0. The summed E-state index contributed by atoms with van der Waals surface area (Å²) in [5.41, 5.74) is 2.41. The smallest absolute Gasteiger partial charge is 0.240 e. The molecule has 0 aliphatic rings. The molecule has 0 radical (unpaired) electrons. The van der Waals surface area contributed by atoms with Gasteiger partial charge in [0.05, 0.1) is 24.1 Å². The van der Waals surface area contributed by atoms with E-state index in [4.69, 9.17) is 4.42 Å². The van der Waals surface area contributed by atoms with E-state index in [0.29, 0.717) is 11.4 Å². The zero-order valence-electron chi connectivity index (χ0n) is 15.4. The van der Waals surface area contributed by atoms with E-state index >= 15 is 0 Å². The Labute approximate surface area is 167 Å². The molecule has 0 spiro atoms. The summed E-state index contributed by atoms with van der Waals surface area (Å²) in [5.74, 6) is 0.344. The lowest BCUT2D eigenvalue weighted by Crippen LogP contribution is -2.23. The molecule has 4 rings (SSSR count). The van der Waals surface area contributed by atoms with Gasteiger partial charge in [-0.1, -0.05) is 18.2 Å². The van der Waals surface area contributed by atoms with Crippen LogP contribution in [0.25, 0.3) is 10.9 Å². The van der Waals surface area contributed by atoms with Crippen molar-refractivity contribution in [3.8, 4) is 0 Å². The van der Waals surface area contributed by atoms with E-state index in [-0.39, 0.29) is 23.8 Å². The van der Waals surface area contributed by atoms with Crippen LogP contribution in [0.3, 0.4) is 0 Å². The SMILES string of the molecule is O=C(Cc1c[nH]c2ccccc12)Nc1ccc(S(=O)(=O)NCc2ccco2)cc1. The highest BCUT2D eigenvalue weighted by Gasteiger charge is 2.15. The minimum Gasteiger partial charge on any atom is -0.468 e. The van der Waals surface area contributed by atoms with E-state index in [1.807, 2.05) is 30.5 Å². The van der Waals surface area contributed by atoms with Crippen molar-refractivity contribution in [2.45, 2.75) is 17.9 Å².